The highest BCUT2D eigenvalue weighted by Gasteiger charge is 2.06. The van der Waals surface area contributed by atoms with E-state index < -0.39 is 0 Å². The third-order valence-corrected chi connectivity index (χ3v) is 5.54. The van der Waals surface area contributed by atoms with E-state index in [1.807, 2.05) is 19.1 Å². The van der Waals surface area contributed by atoms with Crippen LogP contribution in [0.25, 0.3) is 0 Å². The fourth-order valence-corrected chi connectivity index (χ4v) is 3.45. The molecular weight excluding hydrogens is 360 g/mol. The standard InChI is InChI=1S/C30H50/c1-25(2)15-11-19-29(7)23-13-21-27(5)17-9-10-18-28(6)22-14-24-30(8)20-12-16-26(3)4/h9,11,13,15,17,19,21,23,26,28,30H,1,10,12,14,16,18,20,22,24H2,2-8H3. The first-order chi connectivity index (χ1) is 14.2. The van der Waals surface area contributed by atoms with E-state index in [1.165, 1.54) is 62.5 Å². The summed E-state index contributed by atoms with van der Waals surface area (Å²) in [5, 5.41) is 0. The molecule has 0 spiro atoms. The van der Waals surface area contributed by atoms with Crippen molar-refractivity contribution in [1.29, 1.82) is 0 Å². The fraction of sp³-hybridized carbons (Fsp3) is 0.600. The zero-order valence-corrected chi connectivity index (χ0v) is 21.2. The lowest BCUT2D eigenvalue weighted by atomic mass is 9.92. The van der Waals surface area contributed by atoms with Gasteiger partial charge in [-0.25, -0.2) is 0 Å². The summed E-state index contributed by atoms with van der Waals surface area (Å²) in [6.45, 7) is 19.7. The minimum absolute atomic E-state index is 0.835. The van der Waals surface area contributed by atoms with E-state index in [9.17, 15) is 0 Å². The normalized spacial score (nSPS) is 15.7. The molecule has 0 amide bonds. The smallest absolute Gasteiger partial charge is 0.0345 e. The first-order valence-corrected chi connectivity index (χ1v) is 12.2. The molecule has 30 heavy (non-hydrogen) atoms. The fourth-order valence-electron chi connectivity index (χ4n) is 3.45. The quantitative estimate of drug-likeness (QED) is 0.222. The summed E-state index contributed by atoms with van der Waals surface area (Å²) in [7, 11) is 0. The Hall–Kier alpha value is -1.56. The summed E-state index contributed by atoms with van der Waals surface area (Å²) in [5.74, 6) is 2.59. The summed E-state index contributed by atoms with van der Waals surface area (Å²) in [6.07, 6.45) is 28.1. The first-order valence-electron chi connectivity index (χ1n) is 12.2. The number of hydrogen-bond acceptors (Lipinski definition) is 0. The lowest BCUT2D eigenvalue weighted by Crippen LogP contribution is -1.99. The SMILES string of the molecule is C=C(C)C=CC=C(C)C=CC=C(C)C=CCCC(C)CCCC(C)CCCC(C)C. The minimum atomic E-state index is 0.835. The molecule has 0 aliphatic rings. The van der Waals surface area contributed by atoms with Gasteiger partial charge in [-0.1, -0.05) is 138 Å². The Kier molecular flexibility index (Phi) is 17.3. The first kappa shape index (κ1) is 28.4. The highest BCUT2D eigenvalue weighted by atomic mass is 14.1. The van der Waals surface area contributed by atoms with Gasteiger partial charge >= 0.3 is 0 Å². The third kappa shape index (κ3) is 19.7. The van der Waals surface area contributed by atoms with Gasteiger partial charge in [0.2, 0.25) is 0 Å². The van der Waals surface area contributed by atoms with Crippen LogP contribution in [0.2, 0.25) is 0 Å². The van der Waals surface area contributed by atoms with Crippen molar-refractivity contribution in [1.82, 2.24) is 0 Å². The van der Waals surface area contributed by atoms with E-state index in [1.54, 1.807) is 0 Å². The van der Waals surface area contributed by atoms with Crippen LogP contribution in [0.5, 0.6) is 0 Å². The van der Waals surface area contributed by atoms with Crippen LogP contribution in [0, 0.1) is 17.8 Å². The monoisotopic (exact) mass is 410 g/mol. The largest absolute Gasteiger partial charge is 0.0961 e. The van der Waals surface area contributed by atoms with Crippen molar-refractivity contribution in [3.8, 4) is 0 Å². The molecule has 0 N–H and O–H groups in total. The van der Waals surface area contributed by atoms with E-state index in [0.29, 0.717) is 0 Å². The van der Waals surface area contributed by atoms with Crippen LogP contribution in [0.4, 0.5) is 0 Å². The van der Waals surface area contributed by atoms with Crippen molar-refractivity contribution in [3.63, 3.8) is 0 Å². The summed E-state index contributed by atoms with van der Waals surface area (Å²) in [4.78, 5) is 0. The van der Waals surface area contributed by atoms with Gasteiger partial charge in [0, 0.05) is 0 Å². The molecule has 0 bridgehead atoms. The number of hydrogen-bond donors (Lipinski definition) is 0. The Morgan fingerprint density at radius 2 is 1.17 bits per heavy atom. The van der Waals surface area contributed by atoms with Gasteiger partial charge < -0.3 is 0 Å². The van der Waals surface area contributed by atoms with Crippen LogP contribution in [-0.4, -0.2) is 0 Å². The van der Waals surface area contributed by atoms with Crippen molar-refractivity contribution in [2.75, 3.05) is 0 Å². The second-order valence-electron chi connectivity index (χ2n) is 9.83. The average Bonchev–Trinajstić information content (AvgIpc) is 2.64. The molecule has 0 nitrogen and oxygen atoms in total. The van der Waals surface area contributed by atoms with Gasteiger partial charge in [0.15, 0.2) is 0 Å². The van der Waals surface area contributed by atoms with Gasteiger partial charge in [-0.3, -0.25) is 0 Å². The molecule has 0 aliphatic heterocycles. The van der Waals surface area contributed by atoms with Gasteiger partial charge in [-0.15, -0.1) is 0 Å². The summed E-state index contributed by atoms with van der Waals surface area (Å²) < 4.78 is 0. The minimum Gasteiger partial charge on any atom is -0.0961 e. The van der Waals surface area contributed by atoms with Crippen molar-refractivity contribution < 1.29 is 0 Å². The Balaban J connectivity index is 4.02. The van der Waals surface area contributed by atoms with Crippen LogP contribution < -0.4 is 0 Å². The molecule has 0 saturated heterocycles. The summed E-state index contributed by atoms with van der Waals surface area (Å²) in [6, 6.07) is 0. The molecule has 0 radical (unpaired) electrons. The van der Waals surface area contributed by atoms with Crippen LogP contribution in [0.1, 0.15) is 99.8 Å². The topological polar surface area (TPSA) is 0 Å². The zero-order chi connectivity index (χ0) is 22.8. The van der Waals surface area contributed by atoms with Crippen molar-refractivity contribution in [3.05, 3.63) is 71.9 Å². The molecule has 2 atom stereocenters. The highest BCUT2D eigenvalue weighted by molar-refractivity contribution is 5.29. The number of allylic oxidation sites excluding steroid dienone is 11. The molecule has 170 valence electrons. The van der Waals surface area contributed by atoms with Crippen molar-refractivity contribution >= 4 is 0 Å². The Morgan fingerprint density at radius 3 is 1.73 bits per heavy atom. The molecule has 2 unspecified atom stereocenters. The molecule has 0 heterocycles. The molecule has 0 aromatic rings. The van der Waals surface area contributed by atoms with E-state index in [2.05, 4.69) is 84.6 Å². The van der Waals surface area contributed by atoms with Crippen LogP contribution >= 0.6 is 0 Å². The van der Waals surface area contributed by atoms with Crippen LogP contribution in [0.15, 0.2) is 71.9 Å². The van der Waals surface area contributed by atoms with Crippen molar-refractivity contribution in [2.24, 2.45) is 17.8 Å². The Bertz CT molecular complexity index is 592. The van der Waals surface area contributed by atoms with E-state index >= 15 is 0 Å². The molecular formula is C30H50. The van der Waals surface area contributed by atoms with Gasteiger partial charge in [0.05, 0.1) is 0 Å². The molecule has 0 rings (SSSR count). The predicted molar refractivity (Wildman–Crippen MR) is 140 cm³/mol. The van der Waals surface area contributed by atoms with Gasteiger partial charge in [0.1, 0.15) is 0 Å². The van der Waals surface area contributed by atoms with Gasteiger partial charge in [0.25, 0.3) is 0 Å². The second kappa shape index (κ2) is 18.2. The molecule has 0 aromatic carbocycles. The predicted octanol–water partition coefficient (Wildman–Crippen LogP) is 10.2. The van der Waals surface area contributed by atoms with E-state index in [4.69, 9.17) is 0 Å². The zero-order valence-electron chi connectivity index (χ0n) is 21.2. The number of rotatable bonds is 16. The maximum absolute atomic E-state index is 3.87. The van der Waals surface area contributed by atoms with E-state index in [-0.39, 0.29) is 0 Å². The van der Waals surface area contributed by atoms with Gasteiger partial charge in [-0.05, 0) is 51.4 Å². The van der Waals surface area contributed by atoms with Crippen LogP contribution in [0.3, 0.4) is 0 Å². The summed E-state index contributed by atoms with van der Waals surface area (Å²) in [5.41, 5.74) is 3.62. The van der Waals surface area contributed by atoms with Crippen molar-refractivity contribution in [2.45, 2.75) is 99.8 Å². The maximum Gasteiger partial charge on any atom is -0.0345 e. The Labute approximate surface area is 189 Å². The third-order valence-electron chi connectivity index (χ3n) is 5.54. The molecule has 0 aromatic heterocycles. The lowest BCUT2D eigenvalue weighted by Gasteiger charge is -2.14. The Morgan fingerprint density at radius 1 is 0.667 bits per heavy atom. The van der Waals surface area contributed by atoms with Crippen LogP contribution in [-0.2, 0) is 0 Å². The van der Waals surface area contributed by atoms with Gasteiger partial charge in [-0.2, -0.15) is 0 Å². The summed E-state index contributed by atoms with van der Waals surface area (Å²) >= 11 is 0. The molecule has 0 saturated carbocycles. The van der Waals surface area contributed by atoms with E-state index in [0.717, 1.165) is 23.3 Å². The lowest BCUT2D eigenvalue weighted by molar-refractivity contribution is 0.393. The molecule has 0 fully saturated rings. The second-order valence-corrected chi connectivity index (χ2v) is 9.83. The molecule has 0 heteroatoms. The highest BCUT2D eigenvalue weighted by Crippen LogP contribution is 2.21. The maximum atomic E-state index is 3.87. The molecule has 0 aliphatic carbocycles. The average molecular weight is 411 g/mol.